The number of hydrogen-bond acceptors (Lipinski definition) is 6. The number of piperazine rings is 1. The van der Waals surface area contributed by atoms with Crippen molar-refractivity contribution in [2.45, 2.75) is 57.5 Å². The van der Waals surface area contributed by atoms with E-state index in [1.165, 1.54) is 6.07 Å². The highest BCUT2D eigenvalue weighted by Gasteiger charge is 2.40. The molecule has 1 aromatic carbocycles. The largest absolute Gasteiger partial charge is 0.366 e. The number of carbonyl (C=O) groups excluding carboxylic acids is 1. The van der Waals surface area contributed by atoms with Gasteiger partial charge in [0.15, 0.2) is 5.82 Å². The Hall–Kier alpha value is -3.36. The molecule has 1 N–H and O–H groups in total. The van der Waals surface area contributed by atoms with Gasteiger partial charge in [-0.05, 0) is 43.9 Å². The minimum Gasteiger partial charge on any atom is -0.366 e. The number of anilines is 2. The van der Waals surface area contributed by atoms with E-state index < -0.39 is 5.92 Å². The van der Waals surface area contributed by atoms with E-state index in [0.29, 0.717) is 18.7 Å². The van der Waals surface area contributed by atoms with Crippen LogP contribution in [0.25, 0.3) is 10.9 Å². The van der Waals surface area contributed by atoms with Gasteiger partial charge in [0.05, 0.1) is 29.1 Å². The number of amides is 1. The van der Waals surface area contributed by atoms with Crippen LogP contribution in [-0.4, -0.2) is 51.7 Å². The molecule has 0 bridgehead atoms. The second-order valence-electron chi connectivity index (χ2n) is 9.89. The van der Waals surface area contributed by atoms with Crippen LogP contribution in [0, 0.1) is 6.92 Å². The Morgan fingerprint density at radius 1 is 1.20 bits per heavy atom. The summed E-state index contributed by atoms with van der Waals surface area (Å²) < 4.78 is 28.6. The normalized spacial score (nSPS) is 21.8. The van der Waals surface area contributed by atoms with Crippen LogP contribution in [-0.2, 0) is 17.1 Å². The zero-order valence-corrected chi connectivity index (χ0v) is 19.9. The van der Waals surface area contributed by atoms with Gasteiger partial charge in [0.1, 0.15) is 0 Å². The molecule has 182 valence electrons. The smallest absolute Gasteiger partial charge is 0.273 e. The number of aryl methyl sites for hydroxylation is 1. The van der Waals surface area contributed by atoms with E-state index >= 15 is 0 Å². The van der Waals surface area contributed by atoms with Crippen LogP contribution in [0.2, 0.25) is 0 Å². The quantitative estimate of drug-likeness (QED) is 0.601. The lowest BCUT2D eigenvalue weighted by Crippen LogP contribution is -2.51. The number of carbonyl (C=O) groups is 1. The summed E-state index contributed by atoms with van der Waals surface area (Å²) in [7, 11) is 0. The second kappa shape index (κ2) is 8.10. The predicted molar refractivity (Wildman–Crippen MR) is 130 cm³/mol. The molecule has 1 amide bonds. The standard InChI is InChI=1S/C26H28F2N6O/c1-15(19-4-3-5-22-20(19)8-9-26(22,27)28)30-25-21-12-18(13-29-24(21)16(2)31-32-25)33-10-11-34-17(14-33)6-7-23(34)35/h3-5,12-13,15,17H,6-11,14H2,1-2H3,(H,30,32)/t15-,17-/m1/s1. The number of rotatable bonds is 4. The SMILES string of the molecule is Cc1nnc(N[C@H](C)c2cccc3c2CCC3(F)F)c2cc(N3CCN4C(=O)CC[C@@H]4C3)cnc12. The Balaban J connectivity index is 1.32. The first-order chi connectivity index (χ1) is 16.8. The molecule has 2 atom stereocenters. The number of pyridine rings is 1. The van der Waals surface area contributed by atoms with Crippen molar-refractivity contribution in [1.29, 1.82) is 0 Å². The van der Waals surface area contributed by atoms with E-state index in [4.69, 9.17) is 4.98 Å². The number of benzene rings is 1. The van der Waals surface area contributed by atoms with E-state index in [1.54, 1.807) is 6.07 Å². The van der Waals surface area contributed by atoms with E-state index in [0.717, 1.165) is 59.5 Å². The number of nitrogens with one attached hydrogen (secondary N) is 1. The molecular formula is C26H28F2N6O. The molecule has 1 aliphatic carbocycles. The molecule has 35 heavy (non-hydrogen) atoms. The Labute approximate surface area is 202 Å². The maximum Gasteiger partial charge on any atom is 0.273 e. The molecule has 4 heterocycles. The average molecular weight is 479 g/mol. The Morgan fingerprint density at radius 2 is 2.06 bits per heavy atom. The Bertz CT molecular complexity index is 1330. The first-order valence-corrected chi connectivity index (χ1v) is 12.3. The summed E-state index contributed by atoms with van der Waals surface area (Å²) in [5, 5.41) is 13.0. The summed E-state index contributed by atoms with van der Waals surface area (Å²) in [4.78, 5) is 21.1. The van der Waals surface area contributed by atoms with Gasteiger partial charge in [0.25, 0.3) is 5.92 Å². The van der Waals surface area contributed by atoms with Gasteiger partial charge in [-0.1, -0.05) is 18.2 Å². The first-order valence-electron chi connectivity index (χ1n) is 12.3. The van der Waals surface area contributed by atoms with Crippen LogP contribution in [0.3, 0.4) is 0 Å². The van der Waals surface area contributed by atoms with Crippen LogP contribution < -0.4 is 10.2 Å². The lowest BCUT2D eigenvalue weighted by molar-refractivity contribution is -0.129. The number of fused-ring (bicyclic) bond motifs is 3. The minimum absolute atomic E-state index is 0.136. The molecule has 2 aromatic heterocycles. The molecule has 9 heteroatoms. The number of hydrogen-bond donors (Lipinski definition) is 1. The molecule has 3 aliphatic rings. The summed E-state index contributed by atoms with van der Waals surface area (Å²) in [6.45, 7) is 6.12. The fraction of sp³-hybridized carbons (Fsp3) is 0.462. The van der Waals surface area contributed by atoms with E-state index in [-0.39, 0.29) is 30.0 Å². The molecular weight excluding hydrogens is 450 g/mol. The van der Waals surface area contributed by atoms with Gasteiger partial charge < -0.3 is 15.1 Å². The Morgan fingerprint density at radius 3 is 2.91 bits per heavy atom. The highest BCUT2D eigenvalue weighted by Crippen LogP contribution is 2.44. The monoisotopic (exact) mass is 478 g/mol. The summed E-state index contributed by atoms with van der Waals surface area (Å²) in [6.07, 6.45) is 3.61. The first kappa shape index (κ1) is 22.1. The van der Waals surface area contributed by atoms with Crippen LogP contribution >= 0.6 is 0 Å². The average Bonchev–Trinajstić information content (AvgIpc) is 3.39. The third-order valence-corrected chi connectivity index (χ3v) is 7.75. The number of alkyl halides is 2. The van der Waals surface area contributed by atoms with Crippen molar-refractivity contribution in [2.24, 2.45) is 0 Å². The van der Waals surface area contributed by atoms with Crippen molar-refractivity contribution in [3.8, 4) is 0 Å². The van der Waals surface area contributed by atoms with Crippen LogP contribution in [0.1, 0.15) is 54.6 Å². The number of aromatic nitrogens is 3. The van der Waals surface area contributed by atoms with Gasteiger partial charge >= 0.3 is 0 Å². The molecule has 0 unspecified atom stereocenters. The highest BCUT2D eigenvalue weighted by molar-refractivity contribution is 5.92. The molecule has 3 aromatic rings. The molecule has 7 nitrogen and oxygen atoms in total. The lowest BCUT2D eigenvalue weighted by atomic mass is 9.97. The van der Waals surface area contributed by atoms with Crippen LogP contribution in [0.15, 0.2) is 30.5 Å². The van der Waals surface area contributed by atoms with Crippen molar-refractivity contribution >= 4 is 28.3 Å². The topological polar surface area (TPSA) is 74.2 Å². The second-order valence-corrected chi connectivity index (χ2v) is 9.89. The fourth-order valence-corrected chi connectivity index (χ4v) is 5.86. The van der Waals surface area contributed by atoms with Gasteiger partial charge in [-0.25, -0.2) is 8.78 Å². The van der Waals surface area contributed by atoms with E-state index in [2.05, 4.69) is 26.5 Å². The van der Waals surface area contributed by atoms with Crippen LogP contribution in [0.5, 0.6) is 0 Å². The zero-order chi connectivity index (χ0) is 24.3. The van der Waals surface area contributed by atoms with Crippen molar-refractivity contribution in [1.82, 2.24) is 20.1 Å². The maximum atomic E-state index is 14.3. The zero-order valence-electron chi connectivity index (χ0n) is 19.9. The van der Waals surface area contributed by atoms with E-state index in [1.807, 2.05) is 31.0 Å². The van der Waals surface area contributed by atoms with Crippen LogP contribution in [0.4, 0.5) is 20.3 Å². The molecule has 2 saturated heterocycles. The summed E-state index contributed by atoms with van der Waals surface area (Å²) >= 11 is 0. The molecule has 2 aliphatic heterocycles. The highest BCUT2D eigenvalue weighted by atomic mass is 19.3. The molecule has 6 rings (SSSR count). The van der Waals surface area contributed by atoms with Gasteiger partial charge in [-0.2, -0.15) is 5.10 Å². The summed E-state index contributed by atoms with van der Waals surface area (Å²) in [5.41, 5.74) is 4.21. The third kappa shape index (κ3) is 3.68. The minimum atomic E-state index is -2.77. The van der Waals surface area contributed by atoms with Crippen molar-refractivity contribution in [3.05, 3.63) is 52.8 Å². The van der Waals surface area contributed by atoms with Gasteiger partial charge in [0, 0.05) is 49.5 Å². The molecule has 0 saturated carbocycles. The summed E-state index contributed by atoms with van der Waals surface area (Å²) in [6, 6.07) is 7.25. The predicted octanol–water partition coefficient (Wildman–Crippen LogP) is 4.36. The maximum absolute atomic E-state index is 14.3. The van der Waals surface area contributed by atoms with Crippen molar-refractivity contribution < 1.29 is 13.6 Å². The van der Waals surface area contributed by atoms with Gasteiger partial charge in [-0.3, -0.25) is 9.78 Å². The van der Waals surface area contributed by atoms with Crippen molar-refractivity contribution in [3.63, 3.8) is 0 Å². The lowest BCUT2D eigenvalue weighted by Gasteiger charge is -2.38. The molecule has 2 fully saturated rings. The molecule has 0 spiro atoms. The van der Waals surface area contributed by atoms with Crippen molar-refractivity contribution in [2.75, 3.05) is 29.9 Å². The van der Waals surface area contributed by atoms with Gasteiger partial charge in [0.2, 0.25) is 5.91 Å². The Kier molecular flexibility index (Phi) is 5.12. The fourth-order valence-electron chi connectivity index (χ4n) is 5.86. The van der Waals surface area contributed by atoms with Gasteiger partial charge in [-0.15, -0.1) is 5.10 Å². The molecule has 0 radical (unpaired) electrons. The van der Waals surface area contributed by atoms with E-state index in [9.17, 15) is 13.6 Å². The summed E-state index contributed by atoms with van der Waals surface area (Å²) in [5.74, 6) is -1.93. The number of nitrogens with zero attached hydrogens (tertiary/aromatic N) is 5. The number of halogens is 2. The third-order valence-electron chi connectivity index (χ3n) is 7.75.